The highest BCUT2D eigenvalue weighted by Crippen LogP contribution is 2.27. The average Bonchev–Trinajstić information content (AvgIpc) is 2.97. The zero-order valence-electron chi connectivity index (χ0n) is 10.9. The standard InChI is InChI=1S/C14H17N3O2/c1-18-13-4-9-19-10-12(13)17-8-7-16-14(17)11-2-5-15-6-3-11/h2-3,5-8,12-13H,4,9-10H2,1H3/t12-,13-/m1/s1. The Kier molecular flexibility index (Phi) is 3.57. The number of aromatic nitrogens is 3. The van der Waals surface area contributed by atoms with Gasteiger partial charge in [-0.25, -0.2) is 4.98 Å². The van der Waals surface area contributed by atoms with Gasteiger partial charge in [-0.3, -0.25) is 4.98 Å². The van der Waals surface area contributed by atoms with Crippen molar-refractivity contribution in [2.24, 2.45) is 0 Å². The number of hydrogen-bond acceptors (Lipinski definition) is 4. The summed E-state index contributed by atoms with van der Waals surface area (Å²) in [6.07, 6.45) is 8.44. The lowest BCUT2D eigenvalue weighted by Gasteiger charge is -2.32. The summed E-state index contributed by atoms with van der Waals surface area (Å²) in [5.74, 6) is 0.931. The molecule has 19 heavy (non-hydrogen) atoms. The summed E-state index contributed by atoms with van der Waals surface area (Å²) in [6.45, 7) is 1.42. The molecule has 5 heteroatoms. The van der Waals surface area contributed by atoms with Crippen LogP contribution in [0, 0.1) is 0 Å². The highest BCUT2D eigenvalue weighted by molar-refractivity contribution is 5.54. The lowest BCUT2D eigenvalue weighted by Crippen LogP contribution is -2.35. The van der Waals surface area contributed by atoms with E-state index in [0.29, 0.717) is 6.61 Å². The first-order valence-electron chi connectivity index (χ1n) is 6.44. The van der Waals surface area contributed by atoms with Gasteiger partial charge in [-0.05, 0) is 18.6 Å². The van der Waals surface area contributed by atoms with E-state index in [1.165, 1.54) is 0 Å². The quantitative estimate of drug-likeness (QED) is 0.845. The van der Waals surface area contributed by atoms with Crippen LogP contribution in [0.15, 0.2) is 36.9 Å². The molecule has 0 amide bonds. The molecule has 2 atom stereocenters. The molecular formula is C14H17N3O2. The molecule has 100 valence electrons. The fraction of sp³-hybridized carbons (Fsp3) is 0.429. The van der Waals surface area contributed by atoms with Gasteiger partial charge < -0.3 is 14.0 Å². The molecule has 1 fully saturated rings. The SMILES string of the molecule is CO[C@@H]1CCOC[C@H]1n1ccnc1-c1ccncc1. The first kappa shape index (κ1) is 12.3. The van der Waals surface area contributed by atoms with Gasteiger partial charge in [0, 0.05) is 44.1 Å². The van der Waals surface area contributed by atoms with Gasteiger partial charge in [0.05, 0.1) is 18.8 Å². The lowest BCUT2D eigenvalue weighted by atomic mass is 10.1. The Morgan fingerprint density at radius 1 is 1.32 bits per heavy atom. The maximum absolute atomic E-state index is 5.59. The largest absolute Gasteiger partial charge is 0.379 e. The predicted molar refractivity (Wildman–Crippen MR) is 70.7 cm³/mol. The second-order valence-corrected chi connectivity index (χ2v) is 4.60. The van der Waals surface area contributed by atoms with Gasteiger partial charge in [-0.1, -0.05) is 0 Å². The van der Waals surface area contributed by atoms with Crippen molar-refractivity contribution in [2.75, 3.05) is 20.3 Å². The zero-order chi connectivity index (χ0) is 13.1. The molecule has 0 saturated carbocycles. The topological polar surface area (TPSA) is 49.2 Å². The smallest absolute Gasteiger partial charge is 0.140 e. The molecule has 3 heterocycles. The average molecular weight is 259 g/mol. The molecule has 5 nitrogen and oxygen atoms in total. The number of imidazole rings is 1. The summed E-state index contributed by atoms with van der Waals surface area (Å²) in [7, 11) is 1.76. The van der Waals surface area contributed by atoms with Gasteiger partial charge in [0.1, 0.15) is 5.82 Å². The molecule has 0 aromatic carbocycles. The van der Waals surface area contributed by atoms with Crippen molar-refractivity contribution in [3.63, 3.8) is 0 Å². The molecule has 1 aliphatic rings. The van der Waals surface area contributed by atoms with Crippen LogP contribution in [-0.4, -0.2) is 41.0 Å². The Hall–Kier alpha value is -1.72. The van der Waals surface area contributed by atoms with Gasteiger partial charge in [0.15, 0.2) is 0 Å². The number of hydrogen-bond donors (Lipinski definition) is 0. The van der Waals surface area contributed by atoms with Crippen LogP contribution in [0.5, 0.6) is 0 Å². The van der Waals surface area contributed by atoms with Gasteiger partial charge in [-0.15, -0.1) is 0 Å². The van der Waals surface area contributed by atoms with Crippen molar-refractivity contribution >= 4 is 0 Å². The molecule has 1 aliphatic heterocycles. The Balaban J connectivity index is 1.95. The maximum atomic E-state index is 5.59. The van der Waals surface area contributed by atoms with Crippen LogP contribution >= 0.6 is 0 Å². The summed E-state index contributed by atoms with van der Waals surface area (Å²) < 4.78 is 13.3. The zero-order valence-corrected chi connectivity index (χ0v) is 10.9. The molecule has 1 saturated heterocycles. The monoisotopic (exact) mass is 259 g/mol. The fourth-order valence-electron chi connectivity index (χ4n) is 2.54. The van der Waals surface area contributed by atoms with Crippen LogP contribution in [0.3, 0.4) is 0 Å². The van der Waals surface area contributed by atoms with Crippen LogP contribution in [0.2, 0.25) is 0 Å². The molecule has 2 aromatic heterocycles. The highest BCUT2D eigenvalue weighted by atomic mass is 16.5. The van der Waals surface area contributed by atoms with Crippen molar-refractivity contribution in [3.05, 3.63) is 36.9 Å². The Morgan fingerprint density at radius 3 is 2.95 bits per heavy atom. The van der Waals surface area contributed by atoms with Crippen molar-refractivity contribution < 1.29 is 9.47 Å². The Bertz CT molecular complexity index is 526. The Morgan fingerprint density at radius 2 is 2.16 bits per heavy atom. The van der Waals surface area contributed by atoms with Crippen molar-refractivity contribution in [1.29, 1.82) is 0 Å². The lowest BCUT2D eigenvalue weighted by molar-refractivity contribution is -0.0492. The summed E-state index contributed by atoms with van der Waals surface area (Å²) in [5.41, 5.74) is 1.06. The van der Waals surface area contributed by atoms with Crippen molar-refractivity contribution in [3.8, 4) is 11.4 Å². The van der Waals surface area contributed by atoms with Crippen LogP contribution in [0.4, 0.5) is 0 Å². The maximum Gasteiger partial charge on any atom is 0.140 e. The van der Waals surface area contributed by atoms with Gasteiger partial charge in [0.2, 0.25) is 0 Å². The molecule has 0 bridgehead atoms. The molecule has 0 spiro atoms. The van der Waals surface area contributed by atoms with E-state index in [0.717, 1.165) is 24.4 Å². The third-order valence-corrected chi connectivity index (χ3v) is 3.53. The minimum atomic E-state index is 0.170. The molecule has 3 rings (SSSR count). The summed E-state index contributed by atoms with van der Waals surface area (Å²) in [5, 5.41) is 0. The molecule has 0 unspecified atom stereocenters. The third kappa shape index (κ3) is 2.39. The van der Waals surface area contributed by atoms with E-state index in [2.05, 4.69) is 14.5 Å². The van der Waals surface area contributed by atoms with Gasteiger partial charge in [0.25, 0.3) is 0 Å². The second kappa shape index (κ2) is 5.50. The first-order valence-corrected chi connectivity index (χ1v) is 6.44. The van der Waals surface area contributed by atoms with Gasteiger partial charge in [-0.2, -0.15) is 0 Å². The molecule has 0 N–H and O–H groups in total. The summed E-state index contributed by atoms with van der Waals surface area (Å²) in [4.78, 5) is 8.50. The van der Waals surface area contributed by atoms with E-state index in [9.17, 15) is 0 Å². The van der Waals surface area contributed by atoms with E-state index in [4.69, 9.17) is 9.47 Å². The summed E-state index contributed by atoms with van der Waals surface area (Å²) >= 11 is 0. The summed E-state index contributed by atoms with van der Waals surface area (Å²) in [6, 6.07) is 4.10. The number of pyridine rings is 1. The van der Waals surface area contributed by atoms with E-state index in [1.54, 1.807) is 19.5 Å². The second-order valence-electron chi connectivity index (χ2n) is 4.60. The van der Waals surface area contributed by atoms with E-state index in [1.807, 2.05) is 24.5 Å². The minimum absolute atomic E-state index is 0.170. The van der Waals surface area contributed by atoms with E-state index >= 15 is 0 Å². The van der Waals surface area contributed by atoms with Crippen LogP contribution in [0.25, 0.3) is 11.4 Å². The first-order chi connectivity index (χ1) is 9.40. The molecular weight excluding hydrogens is 242 g/mol. The van der Waals surface area contributed by atoms with Crippen LogP contribution < -0.4 is 0 Å². The predicted octanol–water partition coefficient (Wildman–Crippen LogP) is 1.92. The van der Waals surface area contributed by atoms with E-state index in [-0.39, 0.29) is 12.1 Å². The van der Waals surface area contributed by atoms with E-state index < -0.39 is 0 Å². The minimum Gasteiger partial charge on any atom is -0.379 e. The van der Waals surface area contributed by atoms with Crippen molar-refractivity contribution in [1.82, 2.24) is 14.5 Å². The molecule has 2 aromatic rings. The van der Waals surface area contributed by atoms with Crippen molar-refractivity contribution in [2.45, 2.75) is 18.6 Å². The number of nitrogens with zero attached hydrogens (tertiary/aromatic N) is 3. The third-order valence-electron chi connectivity index (χ3n) is 3.53. The van der Waals surface area contributed by atoms with Gasteiger partial charge >= 0.3 is 0 Å². The molecule has 0 radical (unpaired) electrons. The number of methoxy groups -OCH3 is 1. The van der Waals surface area contributed by atoms with Crippen LogP contribution in [-0.2, 0) is 9.47 Å². The van der Waals surface area contributed by atoms with Crippen LogP contribution in [0.1, 0.15) is 12.5 Å². The highest BCUT2D eigenvalue weighted by Gasteiger charge is 2.28. The Labute approximate surface area is 112 Å². The normalized spacial score (nSPS) is 23.4. The fourth-order valence-corrected chi connectivity index (χ4v) is 2.54. The number of rotatable bonds is 3. The number of ether oxygens (including phenoxy) is 2. The molecule has 0 aliphatic carbocycles.